The van der Waals surface area contributed by atoms with Gasteiger partial charge >= 0.3 is 160 Å². The summed E-state index contributed by atoms with van der Waals surface area (Å²) in [5.74, 6) is 1.60. The van der Waals surface area contributed by atoms with Crippen molar-refractivity contribution in [3.8, 4) is 0 Å². The van der Waals surface area contributed by atoms with Gasteiger partial charge in [0.15, 0.2) is 0 Å². The zero-order valence-electron chi connectivity index (χ0n) is 13.8. The average Bonchev–Trinajstić information content (AvgIpc) is 3.23. The van der Waals surface area contributed by atoms with Gasteiger partial charge in [0.25, 0.3) is 0 Å². The number of rotatable bonds is 2. The van der Waals surface area contributed by atoms with E-state index in [1.54, 1.807) is 16.9 Å². The van der Waals surface area contributed by atoms with E-state index < -0.39 is 0 Å². The van der Waals surface area contributed by atoms with E-state index in [4.69, 9.17) is 0 Å². The first kappa shape index (κ1) is 15.7. The van der Waals surface area contributed by atoms with Crippen molar-refractivity contribution in [3.05, 3.63) is 42.1 Å². The molecule has 2 aromatic heterocycles. The summed E-state index contributed by atoms with van der Waals surface area (Å²) in [6.07, 6.45) is 4.25. The molecule has 0 bridgehead atoms. The second-order valence-electron chi connectivity index (χ2n) is 6.69. The van der Waals surface area contributed by atoms with Crippen LogP contribution in [0.3, 0.4) is 0 Å². The van der Waals surface area contributed by atoms with Crippen molar-refractivity contribution in [3.63, 3.8) is 0 Å². The standard InChI is InChI=1S/C18H20AsN5S/c19-12-3-4-13-15(10-12)25-24(17(13)11-5-8-20-9-6-11)18-16-14(22-23-18)2-1-7-21-16/h1-4,7,10-11,17,20H,5-6,8-9,19H2,(H,22,23). The number of nitrogens with zero attached hydrogens (tertiary/aromatic N) is 3. The van der Waals surface area contributed by atoms with E-state index in [9.17, 15) is 0 Å². The Morgan fingerprint density at radius 1 is 1.20 bits per heavy atom. The number of hydrogen-bond acceptors (Lipinski definition) is 5. The van der Waals surface area contributed by atoms with E-state index in [0.717, 1.165) is 29.9 Å². The van der Waals surface area contributed by atoms with Crippen LogP contribution in [0, 0.1) is 5.92 Å². The van der Waals surface area contributed by atoms with Crippen LogP contribution in [-0.2, 0) is 0 Å². The number of nitrogens with one attached hydrogen (secondary N) is 2. The van der Waals surface area contributed by atoms with Crippen molar-refractivity contribution in [2.75, 3.05) is 17.4 Å². The van der Waals surface area contributed by atoms with Gasteiger partial charge in [-0.25, -0.2) is 0 Å². The first-order valence-corrected chi connectivity index (χ1v) is 10.7. The molecule has 2 N–H and O–H groups in total. The third kappa shape index (κ3) is 2.67. The molecule has 2 aliphatic rings. The summed E-state index contributed by atoms with van der Waals surface area (Å²) in [7, 11) is 0. The molecule has 0 saturated carbocycles. The van der Waals surface area contributed by atoms with Gasteiger partial charge in [0.1, 0.15) is 0 Å². The monoisotopic (exact) mass is 413 g/mol. The molecule has 3 aromatic rings. The molecule has 128 valence electrons. The summed E-state index contributed by atoms with van der Waals surface area (Å²) in [6, 6.07) is 11.3. The van der Waals surface area contributed by atoms with Crippen molar-refractivity contribution in [1.29, 1.82) is 0 Å². The number of benzene rings is 1. The minimum absolute atomic E-state index is 0.365. The predicted molar refractivity (Wildman–Crippen MR) is 105 cm³/mol. The molecule has 2 unspecified atom stereocenters. The fraction of sp³-hybridized carbons (Fsp3) is 0.333. The Hall–Kier alpha value is -1.49. The molecule has 2 aliphatic heterocycles. The van der Waals surface area contributed by atoms with Gasteiger partial charge in [-0.2, -0.15) is 0 Å². The normalized spacial score (nSPS) is 21.0. The van der Waals surface area contributed by atoms with Crippen LogP contribution >= 0.6 is 11.9 Å². The van der Waals surface area contributed by atoms with Crippen molar-refractivity contribution >= 4 is 50.0 Å². The van der Waals surface area contributed by atoms with Crippen LogP contribution in [0.5, 0.6) is 0 Å². The van der Waals surface area contributed by atoms with Crippen LogP contribution < -0.4 is 14.0 Å². The third-order valence-corrected chi connectivity index (χ3v) is 7.05. The van der Waals surface area contributed by atoms with E-state index in [1.807, 2.05) is 30.3 Å². The van der Waals surface area contributed by atoms with Gasteiger partial charge in [-0.1, -0.05) is 0 Å². The molecule has 2 atom stereocenters. The molecule has 25 heavy (non-hydrogen) atoms. The van der Waals surface area contributed by atoms with E-state index >= 15 is 0 Å². The SMILES string of the molecule is [AsH2]c1ccc2c(c1)SN(c1n[nH]c3cccnc13)C2C1CCNCC1. The Bertz CT molecular complexity index is 921. The fourth-order valence-electron chi connectivity index (χ4n) is 3.94. The van der Waals surface area contributed by atoms with Crippen molar-refractivity contribution in [2.24, 2.45) is 5.92 Å². The molecule has 0 aliphatic carbocycles. The number of anilines is 1. The summed E-state index contributed by atoms with van der Waals surface area (Å²) in [6.45, 7) is 2.20. The Labute approximate surface area is 159 Å². The van der Waals surface area contributed by atoms with Gasteiger partial charge < -0.3 is 0 Å². The zero-order valence-corrected chi connectivity index (χ0v) is 17.0. The molecule has 1 fully saturated rings. The summed E-state index contributed by atoms with van der Waals surface area (Å²) >= 11 is 3.50. The number of H-pyrrole nitrogens is 1. The molecular formula is C18H20AsN5S. The number of piperidine rings is 1. The first-order chi connectivity index (χ1) is 12.3. The first-order valence-electron chi connectivity index (χ1n) is 8.68. The molecule has 5 rings (SSSR count). The molecule has 0 amide bonds. The van der Waals surface area contributed by atoms with Gasteiger partial charge in [0, 0.05) is 0 Å². The molecule has 7 heteroatoms. The van der Waals surface area contributed by atoms with Crippen molar-refractivity contribution < 1.29 is 0 Å². The molecule has 0 radical (unpaired) electrons. The van der Waals surface area contributed by atoms with E-state index in [1.165, 1.54) is 27.7 Å². The van der Waals surface area contributed by atoms with Crippen LogP contribution in [0.4, 0.5) is 5.82 Å². The maximum absolute atomic E-state index is 4.63. The number of pyridine rings is 1. The van der Waals surface area contributed by atoms with Crippen LogP contribution in [0.25, 0.3) is 11.0 Å². The molecular weight excluding hydrogens is 393 g/mol. The number of hydrogen-bond donors (Lipinski definition) is 2. The van der Waals surface area contributed by atoms with E-state index in [-0.39, 0.29) is 0 Å². The summed E-state index contributed by atoms with van der Waals surface area (Å²) in [4.78, 5) is 5.96. The number of aromatic amines is 1. The number of fused-ring (bicyclic) bond motifs is 2. The second kappa shape index (κ2) is 6.35. The average molecular weight is 413 g/mol. The van der Waals surface area contributed by atoms with Crippen LogP contribution in [-0.4, -0.2) is 45.1 Å². The molecule has 1 aromatic carbocycles. The van der Waals surface area contributed by atoms with E-state index in [0.29, 0.717) is 12.0 Å². The van der Waals surface area contributed by atoms with Crippen LogP contribution in [0.15, 0.2) is 41.4 Å². The van der Waals surface area contributed by atoms with Crippen molar-refractivity contribution in [1.82, 2.24) is 20.5 Å². The topological polar surface area (TPSA) is 56.8 Å². The van der Waals surface area contributed by atoms with Gasteiger partial charge in [0.05, 0.1) is 0 Å². The Morgan fingerprint density at radius 2 is 2.08 bits per heavy atom. The van der Waals surface area contributed by atoms with Crippen LogP contribution in [0.1, 0.15) is 24.4 Å². The van der Waals surface area contributed by atoms with Gasteiger partial charge in [-0.05, 0) is 0 Å². The second-order valence-corrected chi connectivity index (χ2v) is 9.11. The fourth-order valence-corrected chi connectivity index (χ4v) is 6.05. The molecule has 0 spiro atoms. The number of aromatic nitrogens is 3. The summed E-state index contributed by atoms with van der Waals surface area (Å²) in [5, 5.41) is 11.3. The maximum atomic E-state index is 4.63. The van der Waals surface area contributed by atoms with E-state index in [2.05, 4.69) is 43.0 Å². The van der Waals surface area contributed by atoms with Gasteiger partial charge in [-0.15, -0.1) is 0 Å². The predicted octanol–water partition coefficient (Wildman–Crippen LogP) is 1.78. The Kier molecular flexibility index (Phi) is 3.99. The summed E-state index contributed by atoms with van der Waals surface area (Å²) in [5.41, 5.74) is 3.41. The van der Waals surface area contributed by atoms with Crippen LogP contribution in [0.2, 0.25) is 0 Å². The molecule has 1 saturated heterocycles. The Morgan fingerprint density at radius 3 is 2.96 bits per heavy atom. The van der Waals surface area contributed by atoms with Crippen molar-refractivity contribution in [2.45, 2.75) is 23.8 Å². The Balaban J connectivity index is 1.62. The molecule has 4 heterocycles. The van der Waals surface area contributed by atoms with Gasteiger partial charge in [0.2, 0.25) is 0 Å². The third-order valence-electron chi connectivity index (χ3n) is 5.15. The summed E-state index contributed by atoms with van der Waals surface area (Å²) < 4.78 is 3.77. The van der Waals surface area contributed by atoms with Gasteiger partial charge in [-0.3, -0.25) is 0 Å². The zero-order chi connectivity index (χ0) is 16.8. The quantitative estimate of drug-likeness (QED) is 0.496. The minimum atomic E-state index is 0.365. The molecule has 5 nitrogen and oxygen atoms in total.